The van der Waals surface area contributed by atoms with Crippen LogP contribution in [0.4, 0.5) is 0 Å². The lowest BCUT2D eigenvalue weighted by molar-refractivity contribution is 0.0748. The van der Waals surface area contributed by atoms with Gasteiger partial charge in [0, 0.05) is 63.8 Å². The lowest BCUT2D eigenvalue weighted by Gasteiger charge is -2.26. The van der Waals surface area contributed by atoms with Crippen molar-refractivity contribution in [1.82, 2.24) is 20.0 Å². The van der Waals surface area contributed by atoms with Crippen LogP contribution in [0.5, 0.6) is 17.2 Å². The number of nitrogens with one attached hydrogen (secondary N) is 1. The number of carbonyl (C=O) groups is 2. The van der Waals surface area contributed by atoms with Crippen LogP contribution in [0, 0.1) is 0 Å². The van der Waals surface area contributed by atoms with E-state index in [1.165, 1.54) is 22.3 Å². The molecule has 1 saturated heterocycles. The molecule has 2 aromatic carbocycles. The first-order valence-corrected chi connectivity index (χ1v) is 13.6. The highest BCUT2D eigenvalue weighted by Crippen LogP contribution is 2.33. The smallest absolute Gasteiger partial charge is 0.258 e. The Bertz CT molecular complexity index is 1310. The highest BCUT2D eigenvalue weighted by molar-refractivity contribution is 7.09. The number of piperazine rings is 1. The van der Waals surface area contributed by atoms with Crippen molar-refractivity contribution >= 4 is 23.2 Å². The molecule has 2 amide bonds. The topological polar surface area (TPSA) is 106 Å². The van der Waals surface area contributed by atoms with Crippen LogP contribution in [0.15, 0.2) is 47.8 Å². The molecular formula is C28H32N4O5S. The molecule has 1 fully saturated rings. The van der Waals surface area contributed by atoms with E-state index in [0.29, 0.717) is 26.2 Å². The van der Waals surface area contributed by atoms with Gasteiger partial charge in [-0.2, -0.15) is 0 Å². The molecule has 0 atom stereocenters. The number of rotatable bonds is 8. The number of hydrogen-bond donors (Lipinski definition) is 3. The molecule has 0 spiro atoms. The largest absolute Gasteiger partial charge is 0.507 e. The number of phenols is 2. The van der Waals surface area contributed by atoms with Crippen molar-refractivity contribution in [2.45, 2.75) is 19.6 Å². The number of benzene rings is 2. The fraction of sp³-hybridized carbons (Fsp3) is 0.357. The molecule has 3 heterocycles. The third-order valence-corrected chi connectivity index (χ3v) is 7.83. The molecule has 0 radical (unpaired) electrons. The zero-order chi connectivity index (χ0) is 26.6. The van der Waals surface area contributed by atoms with E-state index in [-0.39, 0.29) is 22.6 Å². The summed E-state index contributed by atoms with van der Waals surface area (Å²) in [6, 6.07) is 12.0. The molecule has 5 rings (SSSR count). The Balaban J connectivity index is 1.24. The van der Waals surface area contributed by atoms with E-state index >= 15 is 0 Å². The van der Waals surface area contributed by atoms with Gasteiger partial charge in [0.2, 0.25) is 0 Å². The van der Waals surface area contributed by atoms with E-state index in [9.17, 15) is 19.8 Å². The first-order valence-electron chi connectivity index (χ1n) is 12.7. The van der Waals surface area contributed by atoms with Gasteiger partial charge < -0.3 is 30.1 Å². The Labute approximate surface area is 225 Å². The first-order chi connectivity index (χ1) is 18.4. The predicted octanol–water partition coefficient (Wildman–Crippen LogP) is 2.87. The van der Waals surface area contributed by atoms with Gasteiger partial charge in [-0.1, -0.05) is 12.1 Å². The average Bonchev–Trinajstić information content (AvgIpc) is 3.58. The fourth-order valence-electron chi connectivity index (χ4n) is 4.84. The summed E-state index contributed by atoms with van der Waals surface area (Å²) in [7, 11) is 1.64. The highest BCUT2D eigenvalue weighted by Gasteiger charge is 2.29. The maximum absolute atomic E-state index is 13.4. The fourth-order valence-corrected chi connectivity index (χ4v) is 5.59. The van der Waals surface area contributed by atoms with Gasteiger partial charge in [-0.15, -0.1) is 11.3 Å². The van der Waals surface area contributed by atoms with Gasteiger partial charge in [0.25, 0.3) is 11.8 Å². The van der Waals surface area contributed by atoms with Crippen LogP contribution in [-0.2, 0) is 19.6 Å². The number of thiophene rings is 1. The van der Waals surface area contributed by atoms with Crippen LogP contribution in [0.2, 0.25) is 0 Å². The summed E-state index contributed by atoms with van der Waals surface area (Å²) in [5.74, 6) is -0.804. The number of aromatic hydroxyl groups is 2. The van der Waals surface area contributed by atoms with Crippen molar-refractivity contribution in [3.05, 3.63) is 75.0 Å². The molecule has 0 bridgehead atoms. The third-order valence-electron chi connectivity index (χ3n) is 6.97. The monoisotopic (exact) mass is 536 g/mol. The summed E-state index contributed by atoms with van der Waals surface area (Å²) >= 11 is 1.53. The second-order valence-corrected chi connectivity index (χ2v) is 10.7. The van der Waals surface area contributed by atoms with Gasteiger partial charge in [0.15, 0.2) is 0 Å². The van der Waals surface area contributed by atoms with Crippen molar-refractivity contribution in [3.8, 4) is 17.2 Å². The molecule has 3 N–H and O–H groups in total. The van der Waals surface area contributed by atoms with Gasteiger partial charge in [-0.05, 0) is 40.8 Å². The molecule has 3 aromatic rings. The Kier molecular flexibility index (Phi) is 7.82. The number of fused-ring (bicyclic) bond motifs is 1. The van der Waals surface area contributed by atoms with Crippen molar-refractivity contribution in [3.63, 3.8) is 0 Å². The summed E-state index contributed by atoms with van der Waals surface area (Å²) in [5, 5.41) is 26.1. The van der Waals surface area contributed by atoms with Crippen LogP contribution in [0.3, 0.4) is 0 Å². The molecular weight excluding hydrogens is 504 g/mol. The van der Waals surface area contributed by atoms with Crippen molar-refractivity contribution in [2.75, 3.05) is 46.4 Å². The van der Waals surface area contributed by atoms with Crippen LogP contribution in [0.25, 0.3) is 0 Å². The van der Waals surface area contributed by atoms with Crippen LogP contribution in [0.1, 0.15) is 36.7 Å². The SMILES string of the molecule is CN(Cc1cccs1)C(=O)c1cc(C(=O)N2Cc3ccc(OCCN4CCNCC4)cc3C2)c(O)cc1O. The Hall–Kier alpha value is -3.60. The molecule has 38 heavy (non-hydrogen) atoms. The van der Waals surface area contributed by atoms with Gasteiger partial charge >= 0.3 is 0 Å². The summed E-state index contributed by atoms with van der Waals surface area (Å²) in [6.07, 6.45) is 0. The highest BCUT2D eigenvalue weighted by atomic mass is 32.1. The lowest BCUT2D eigenvalue weighted by Crippen LogP contribution is -2.44. The molecule has 0 saturated carbocycles. The quantitative estimate of drug-likeness (QED) is 0.407. The van der Waals surface area contributed by atoms with Crippen molar-refractivity contribution in [2.24, 2.45) is 0 Å². The Morgan fingerprint density at radius 1 is 1.03 bits per heavy atom. The first kappa shape index (κ1) is 26.0. The zero-order valence-electron chi connectivity index (χ0n) is 21.4. The van der Waals surface area contributed by atoms with Gasteiger partial charge in [0.05, 0.1) is 17.7 Å². The normalized spacial score (nSPS) is 15.3. The minimum absolute atomic E-state index is 0.0176. The zero-order valence-corrected chi connectivity index (χ0v) is 22.2. The van der Waals surface area contributed by atoms with E-state index < -0.39 is 11.8 Å². The maximum atomic E-state index is 13.4. The van der Waals surface area contributed by atoms with Gasteiger partial charge in [-0.3, -0.25) is 14.5 Å². The predicted molar refractivity (Wildman–Crippen MR) is 145 cm³/mol. The number of phenolic OH excluding ortho intramolecular Hbond substituents is 2. The number of nitrogens with zero attached hydrogens (tertiary/aromatic N) is 3. The molecule has 2 aliphatic heterocycles. The number of carbonyl (C=O) groups excluding carboxylic acids is 2. The summed E-state index contributed by atoms with van der Waals surface area (Å²) in [4.78, 5) is 32.9. The molecule has 9 nitrogen and oxygen atoms in total. The molecule has 0 unspecified atom stereocenters. The number of hydrogen-bond acceptors (Lipinski definition) is 8. The van der Waals surface area contributed by atoms with Gasteiger partial charge in [0.1, 0.15) is 23.9 Å². The molecule has 2 aliphatic rings. The standard InChI is InChI=1S/C28H32N4O5S/c1-30(18-22-3-2-12-38-22)27(35)23-14-24(26(34)15-25(23)33)28(36)32-16-19-4-5-21(13-20(19)17-32)37-11-10-31-8-6-29-7-9-31/h2-5,12-15,29,33-34H,6-11,16-18H2,1H3. The average molecular weight is 537 g/mol. The van der Waals surface area contributed by atoms with Crippen LogP contribution < -0.4 is 10.1 Å². The summed E-state index contributed by atoms with van der Waals surface area (Å²) < 4.78 is 5.97. The van der Waals surface area contributed by atoms with E-state index in [1.54, 1.807) is 11.9 Å². The third kappa shape index (κ3) is 5.77. The van der Waals surface area contributed by atoms with E-state index in [2.05, 4.69) is 10.2 Å². The molecule has 0 aliphatic carbocycles. The lowest BCUT2D eigenvalue weighted by atomic mass is 10.1. The molecule has 10 heteroatoms. The summed E-state index contributed by atoms with van der Waals surface area (Å²) in [5.41, 5.74) is 1.96. The Morgan fingerprint density at radius 3 is 2.55 bits per heavy atom. The van der Waals surface area contributed by atoms with Crippen molar-refractivity contribution in [1.29, 1.82) is 0 Å². The van der Waals surface area contributed by atoms with Crippen molar-refractivity contribution < 1.29 is 24.5 Å². The van der Waals surface area contributed by atoms with E-state index in [1.807, 2.05) is 35.7 Å². The number of ether oxygens (including phenoxy) is 1. The minimum atomic E-state index is -0.433. The maximum Gasteiger partial charge on any atom is 0.258 e. The minimum Gasteiger partial charge on any atom is -0.507 e. The summed E-state index contributed by atoms with van der Waals surface area (Å²) in [6.45, 7) is 6.64. The van der Waals surface area contributed by atoms with Crippen LogP contribution >= 0.6 is 11.3 Å². The second kappa shape index (κ2) is 11.4. The molecule has 200 valence electrons. The van der Waals surface area contributed by atoms with E-state index in [0.717, 1.165) is 60.5 Å². The van der Waals surface area contributed by atoms with Crippen LogP contribution in [-0.4, -0.2) is 83.1 Å². The number of amides is 2. The Morgan fingerprint density at radius 2 is 1.79 bits per heavy atom. The molecule has 1 aromatic heterocycles. The second-order valence-electron chi connectivity index (χ2n) is 9.66. The van der Waals surface area contributed by atoms with Gasteiger partial charge in [-0.25, -0.2) is 0 Å². The van der Waals surface area contributed by atoms with E-state index in [4.69, 9.17) is 4.74 Å².